The predicted octanol–water partition coefficient (Wildman–Crippen LogP) is 0.698. The Kier molecular flexibility index (Phi) is 6.19. The van der Waals surface area contributed by atoms with E-state index in [4.69, 9.17) is 10.5 Å². The molecular weight excluding hydrogens is 312 g/mol. The largest absolute Gasteiger partial charge is 0.383 e. The highest BCUT2D eigenvalue weighted by Gasteiger charge is 2.29. The van der Waals surface area contributed by atoms with Gasteiger partial charge in [0.05, 0.1) is 0 Å². The molecule has 0 spiro atoms. The lowest BCUT2D eigenvalue weighted by Gasteiger charge is -2.29. The van der Waals surface area contributed by atoms with E-state index < -0.39 is 11.2 Å². The van der Waals surface area contributed by atoms with E-state index in [9.17, 15) is 14.4 Å². The number of hydrogen-bond donors (Lipinski definition) is 2. The molecule has 1 fully saturated rings. The fourth-order valence-corrected chi connectivity index (χ4v) is 2.97. The Bertz CT molecular complexity index is 688. The van der Waals surface area contributed by atoms with Crippen molar-refractivity contribution in [3.05, 3.63) is 20.8 Å². The standard InChI is InChI=1S/C16H26N4O4/c1-3-5-8-20-13(17)12(14(21)18-16(20)23)19(4-2)15(22)11-6-9-24-10-7-11/h11H,3-10,17H2,1-2H3,(H,18,21,23). The molecule has 0 radical (unpaired) electrons. The highest BCUT2D eigenvalue weighted by atomic mass is 16.5. The molecule has 0 saturated carbocycles. The lowest BCUT2D eigenvalue weighted by molar-refractivity contribution is -0.125. The summed E-state index contributed by atoms with van der Waals surface area (Å²) in [5, 5.41) is 0. The molecule has 1 amide bonds. The van der Waals surface area contributed by atoms with Crippen molar-refractivity contribution in [3.63, 3.8) is 0 Å². The van der Waals surface area contributed by atoms with Crippen molar-refractivity contribution >= 4 is 17.4 Å². The second kappa shape index (κ2) is 8.14. The van der Waals surface area contributed by atoms with Gasteiger partial charge in [0.15, 0.2) is 5.69 Å². The van der Waals surface area contributed by atoms with Crippen LogP contribution < -0.4 is 21.9 Å². The molecule has 8 heteroatoms. The number of nitrogens with one attached hydrogen (secondary N) is 1. The van der Waals surface area contributed by atoms with Gasteiger partial charge >= 0.3 is 5.69 Å². The molecule has 0 aliphatic carbocycles. The molecule has 1 aromatic heterocycles. The predicted molar refractivity (Wildman–Crippen MR) is 92.2 cm³/mol. The Hall–Kier alpha value is -2.09. The summed E-state index contributed by atoms with van der Waals surface area (Å²) in [5.41, 5.74) is 5.01. The number of carbonyl (C=O) groups is 1. The molecule has 1 aliphatic rings. The average molecular weight is 338 g/mol. The highest BCUT2D eigenvalue weighted by molar-refractivity contribution is 5.97. The number of rotatable bonds is 6. The van der Waals surface area contributed by atoms with Crippen LogP contribution in [0.1, 0.15) is 39.5 Å². The van der Waals surface area contributed by atoms with Crippen LogP contribution in [-0.4, -0.2) is 35.2 Å². The van der Waals surface area contributed by atoms with Gasteiger partial charge < -0.3 is 15.4 Å². The number of hydrogen-bond acceptors (Lipinski definition) is 5. The van der Waals surface area contributed by atoms with Crippen LogP contribution in [0.2, 0.25) is 0 Å². The number of H-pyrrole nitrogens is 1. The van der Waals surface area contributed by atoms with E-state index in [1.54, 1.807) is 6.92 Å². The maximum Gasteiger partial charge on any atom is 0.330 e. The Labute approximate surface area is 140 Å². The fourth-order valence-electron chi connectivity index (χ4n) is 2.97. The third-order valence-corrected chi connectivity index (χ3v) is 4.37. The van der Waals surface area contributed by atoms with Crippen LogP contribution >= 0.6 is 0 Å². The number of anilines is 2. The van der Waals surface area contributed by atoms with Gasteiger partial charge in [0.2, 0.25) is 5.91 Å². The average Bonchev–Trinajstić information content (AvgIpc) is 2.58. The second-order valence-corrected chi connectivity index (χ2v) is 5.97. The first-order valence-electron chi connectivity index (χ1n) is 8.52. The first kappa shape index (κ1) is 18.3. The Morgan fingerprint density at radius 3 is 2.58 bits per heavy atom. The van der Waals surface area contributed by atoms with Crippen molar-refractivity contribution in [2.45, 2.75) is 46.1 Å². The number of aromatic amines is 1. The molecule has 1 saturated heterocycles. The topological polar surface area (TPSA) is 110 Å². The molecule has 0 unspecified atom stereocenters. The summed E-state index contributed by atoms with van der Waals surface area (Å²) in [4.78, 5) is 40.8. The Balaban J connectivity index is 2.41. The van der Waals surface area contributed by atoms with Gasteiger partial charge in [-0.05, 0) is 26.2 Å². The van der Waals surface area contributed by atoms with E-state index in [1.165, 1.54) is 9.47 Å². The van der Waals surface area contributed by atoms with Crippen LogP contribution in [0, 0.1) is 5.92 Å². The summed E-state index contributed by atoms with van der Waals surface area (Å²) in [6, 6.07) is 0. The third-order valence-electron chi connectivity index (χ3n) is 4.37. The number of ether oxygens (including phenoxy) is 1. The zero-order chi connectivity index (χ0) is 17.7. The molecule has 0 aromatic carbocycles. The Morgan fingerprint density at radius 2 is 2.00 bits per heavy atom. The number of carbonyl (C=O) groups excluding carboxylic acids is 1. The van der Waals surface area contributed by atoms with Crippen LogP contribution in [0.15, 0.2) is 9.59 Å². The minimum absolute atomic E-state index is 0.0551. The van der Waals surface area contributed by atoms with E-state index in [0.717, 1.165) is 12.8 Å². The first-order chi connectivity index (χ1) is 11.5. The maximum absolute atomic E-state index is 12.8. The summed E-state index contributed by atoms with van der Waals surface area (Å²) < 4.78 is 6.62. The van der Waals surface area contributed by atoms with Gasteiger partial charge in [0, 0.05) is 32.2 Å². The maximum atomic E-state index is 12.8. The minimum atomic E-state index is -0.618. The van der Waals surface area contributed by atoms with Gasteiger partial charge in [-0.2, -0.15) is 0 Å². The molecule has 0 bridgehead atoms. The van der Waals surface area contributed by atoms with Gasteiger partial charge in [0.25, 0.3) is 5.56 Å². The molecule has 2 rings (SSSR count). The van der Waals surface area contributed by atoms with E-state index in [2.05, 4.69) is 4.98 Å². The molecular formula is C16H26N4O4. The molecule has 0 atom stereocenters. The van der Waals surface area contributed by atoms with Crippen molar-refractivity contribution in [3.8, 4) is 0 Å². The lowest BCUT2D eigenvalue weighted by Crippen LogP contribution is -2.44. The van der Waals surface area contributed by atoms with Crippen molar-refractivity contribution < 1.29 is 9.53 Å². The fraction of sp³-hybridized carbons (Fsp3) is 0.688. The first-order valence-corrected chi connectivity index (χ1v) is 8.52. The quantitative estimate of drug-likeness (QED) is 0.793. The van der Waals surface area contributed by atoms with Gasteiger partial charge in [-0.25, -0.2) is 4.79 Å². The van der Waals surface area contributed by atoms with Crippen molar-refractivity contribution in [1.82, 2.24) is 9.55 Å². The van der Waals surface area contributed by atoms with Gasteiger partial charge in [-0.1, -0.05) is 13.3 Å². The minimum Gasteiger partial charge on any atom is -0.383 e. The summed E-state index contributed by atoms with van der Waals surface area (Å²) in [5.74, 6) is -0.272. The monoisotopic (exact) mass is 338 g/mol. The zero-order valence-corrected chi connectivity index (χ0v) is 14.3. The molecule has 2 heterocycles. The van der Waals surface area contributed by atoms with E-state index in [1.807, 2.05) is 6.92 Å². The van der Waals surface area contributed by atoms with Crippen LogP contribution in [-0.2, 0) is 16.1 Å². The molecule has 1 aromatic rings. The summed E-state index contributed by atoms with van der Waals surface area (Å²) in [6.07, 6.45) is 2.90. The van der Waals surface area contributed by atoms with Crippen LogP contribution in [0.5, 0.6) is 0 Å². The van der Waals surface area contributed by atoms with Crippen LogP contribution in [0.3, 0.4) is 0 Å². The normalized spacial score (nSPS) is 15.4. The molecule has 134 valence electrons. The highest BCUT2D eigenvalue weighted by Crippen LogP contribution is 2.23. The molecule has 1 aliphatic heterocycles. The van der Waals surface area contributed by atoms with Gasteiger partial charge in [0.1, 0.15) is 5.82 Å². The number of unbranched alkanes of at least 4 members (excludes halogenated alkanes) is 1. The number of nitrogen functional groups attached to an aromatic ring is 1. The van der Waals surface area contributed by atoms with Crippen molar-refractivity contribution in [2.75, 3.05) is 30.4 Å². The number of nitrogens with zero attached hydrogens (tertiary/aromatic N) is 2. The summed E-state index contributed by atoms with van der Waals surface area (Å²) in [6.45, 7) is 5.59. The van der Waals surface area contributed by atoms with E-state index in [0.29, 0.717) is 39.1 Å². The number of nitrogens with two attached hydrogens (primary N) is 1. The lowest BCUT2D eigenvalue weighted by atomic mass is 9.98. The van der Waals surface area contributed by atoms with E-state index >= 15 is 0 Å². The van der Waals surface area contributed by atoms with E-state index in [-0.39, 0.29) is 23.3 Å². The number of amides is 1. The molecule has 8 nitrogen and oxygen atoms in total. The molecule has 24 heavy (non-hydrogen) atoms. The van der Waals surface area contributed by atoms with Crippen LogP contribution in [0.25, 0.3) is 0 Å². The SMILES string of the molecule is CCCCn1c(N)c(N(CC)C(=O)C2CCOCC2)c(=O)[nH]c1=O. The Morgan fingerprint density at radius 1 is 1.33 bits per heavy atom. The smallest absolute Gasteiger partial charge is 0.330 e. The van der Waals surface area contributed by atoms with Gasteiger partial charge in [-0.15, -0.1) is 0 Å². The summed E-state index contributed by atoms with van der Waals surface area (Å²) >= 11 is 0. The molecule has 3 N–H and O–H groups in total. The number of aromatic nitrogens is 2. The third kappa shape index (κ3) is 3.69. The van der Waals surface area contributed by atoms with Crippen molar-refractivity contribution in [2.24, 2.45) is 5.92 Å². The zero-order valence-electron chi connectivity index (χ0n) is 14.3. The second-order valence-electron chi connectivity index (χ2n) is 5.97. The van der Waals surface area contributed by atoms with Crippen molar-refractivity contribution in [1.29, 1.82) is 0 Å². The van der Waals surface area contributed by atoms with Gasteiger partial charge in [-0.3, -0.25) is 19.1 Å². The summed E-state index contributed by atoms with van der Waals surface area (Å²) in [7, 11) is 0. The van der Waals surface area contributed by atoms with Crippen LogP contribution in [0.4, 0.5) is 11.5 Å².